The summed E-state index contributed by atoms with van der Waals surface area (Å²) in [6, 6.07) is 4.50. The number of carbonyl (C=O) groups excluding carboxylic acids is 2. The lowest BCUT2D eigenvalue weighted by Gasteiger charge is -2.15. The number of rotatable bonds is 9. The Balaban J connectivity index is 1.86. The number of primary amides is 1. The third-order valence-electron chi connectivity index (χ3n) is 3.92. The van der Waals surface area contributed by atoms with Crippen LogP contribution in [0.3, 0.4) is 0 Å². The zero-order valence-electron chi connectivity index (χ0n) is 14.1. The van der Waals surface area contributed by atoms with Gasteiger partial charge in [-0.2, -0.15) is 0 Å². The second-order valence-electron chi connectivity index (χ2n) is 5.85. The van der Waals surface area contributed by atoms with Gasteiger partial charge in [-0.25, -0.2) is 14.0 Å². The summed E-state index contributed by atoms with van der Waals surface area (Å²) < 4.78 is 15.1. The number of nitrogens with one attached hydrogen (secondary N) is 2. The molecule has 8 nitrogen and oxygen atoms in total. The third-order valence-corrected chi connectivity index (χ3v) is 3.92. The molecule has 2 rings (SSSR count). The topological polar surface area (TPSA) is 126 Å². The van der Waals surface area contributed by atoms with Crippen molar-refractivity contribution in [2.24, 2.45) is 5.73 Å². The molecule has 0 saturated heterocycles. The van der Waals surface area contributed by atoms with Crippen molar-refractivity contribution in [1.29, 1.82) is 0 Å². The van der Waals surface area contributed by atoms with Gasteiger partial charge in [0.15, 0.2) is 0 Å². The highest BCUT2D eigenvalue weighted by molar-refractivity contribution is 5.84. The molecule has 0 aliphatic heterocycles. The third kappa shape index (κ3) is 5.47. The summed E-state index contributed by atoms with van der Waals surface area (Å²) in [4.78, 5) is 33.8. The maximum Gasteiger partial charge on any atom is 0.326 e. The highest BCUT2D eigenvalue weighted by atomic mass is 19.1. The van der Waals surface area contributed by atoms with Gasteiger partial charge in [0, 0.05) is 25.7 Å². The van der Waals surface area contributed by atoms with E-state index in [1.807, 2.05) is 6.07 Å². The molecule has 1 heterocycles. The van der Waals surface area contributed by atoms with E-state index in [4.69, 9.17) is 5.73 Å². The Morgan fingerprint density at radius 1 is 1.27 bits per heavy atom. The number of aryl methyl sites for hydroxylation is 1. The van der Waals surface area contributed by atoms with Crippen molar-refractivity contribution in [3.8, 4) is 0 Å². The molecule has 1 aromatic carbocycles. The van der Waals surface area contributed by atoms with E-state index < -0.39 is 23.9 Å². The van der Waals surface area contributed by atoms with Crippen molar-refractivity contribution in [1.82, 2.24) is 15.2 Å². The highest BCUT2D eigenvalue weighted by Gasteiger charge is 2.19. The number of halogens is 1. The molecule has 0 unspecified atom stereocenters. The van der Waals surface area contributed by atoms with Crippen LogP contribution in [0, 0.1) is 5.82 Å². The van der Waals surface area contributed by atoms with E-state index in [9.17, 15) is 23.9 Å². The minimum atomic E-state index is -1.15. The normalized spacial score (nSPS) is 11.9. The first-order valence-corrected chi connectivity index (χ1v) is 8.16. The lowest BCUT2D eigenvalue weighted by Crippen LogP contribution is -2.41. The first-order valence-electron chi connectivity index (χ1n) is 8.16. The Hall–Kier alpha value is -3.10. The summed E-state index contributed by atoms with van der Waals surface area (Å²) in [6.07, 6.45) is 2.34. The standard InChI is InChI=1S/C17H21FN4O4/c18-12-4-3-11-5-8-22(14(11)10-12)9-6-15(23)21-13(16(24)25)2-1-7-20-17(19)26/h3-5,8,10,13H,1-2,6-7,9H2,(H,21,23)(H,24,25)(H3,19,20,26)/t13-/m1/s1. The van der Waals surface area contributed by atoms with Crippen LogP contribution in [0.4, 0.5) is 9.18 Å². The molecule has 0 saturated carbocycles. The van der Waals surface area contributed by atoms with Gasteiger partial charge in [-0.3, -0.25) is 4.79 Å². The molecule has 9 heteroatoms. The fourth-order valence-electron chi connectivity index (χ4n) is 2.62. The van der Waals surface area contributed by atoms with Gasteiger partial charge in [0.05, 0.1) is 5.52 Å². The maximum atomic E-state index is 13.4. The minimum Gasteiger partial charge on any atom is -0.480 e. The molecular weight excluding hydrogens is 343 g/mol. The number of urea groups is 1. The van der Waals surface area contributed by atoms with E-state index in [1.54, 1.807) is 16.8 Å². The van der Waals surface area contributed by atoms with E-state index in [0.29, 0.717) is 18.5 Å². The van der Waals surface area contributed by atoms with Gasteiger partial charge in [0.1, 0.15) is 11.9 Å². The molecule has 140 valence electrons. The molecule has 2 aromatic rings. The number of hydrogen-bond acceptors (Lipinski definition) is 3. The maximum absolute atomic E-state index is 13.4. The Labute approximate surface area is 149 Å². The zero-order chi connectivity index (χ0) is 19.1. The second kappa shape index (κ2) is 8.84. The summed E-state index contributed by atoms with van der Waals surface area (Å²) in [5.41, 5.74) is 5.59. The van der Waals surface area contributed by atoms with Crippen LogP contribution in [0.1, 0.15) is 19.3 Å². The van der Waals surface area contributed by atoms with Crippen molar-refractivity contribution in [3.05, 3.63) is 36.3 Å². The number of aromatic nitrogens is 1. The molecule has 26 heavy (non-hydrogen) atoms. The first-order chi connectivity index (χ1) is 12.4. The van der Waals surface area contributed by atoms with E-state index >= 15 is 0 Å². The van der Waals surface area contributed by atoms with Crippen LogP contribution in [-0.2, 0) is 16.1 Å². The van der Waals surface area contributed by atoms with Gasteiger partial charge in [-0.15, -0.1) is 0 Å². The summed E-state index contributed by atoms with van der Waals surface area (Å²) in [7, 11) is 0. The second-order valence-corrected chi connectivity index (χ2v) is 5.85. The SMILES string of the molecule is NC(=O)NCCC[C@@H](NC(=O)CCn1ccc2ccc(F)cc21)C(=O)O. The molecule has 0 radical (unpaired) electrons. The van der Waals surface area contributed by atoms with Crippen molar-refractivity contribution in [2.45, 2.75) is 31.8 Å². The average Bonchev–Trinajstić information content (AvgIpc) is 2.97. The molecule has 1 aromatic heterocycles. The van der Waals surface area contributed by atoms with Gasteiger partial charge in [-0.1, -0.05) is 0 Å². The molecular formula is C17H21FN4O4. The fraction of sp³-hybridized carbons (Fsp3) is 0.353. The summed E-state index contributed by atoms with van der Waals surface area (Å²) >= 11 is 0. The quantitative estimate of drug-likeness (QED) is 0.499. The van der Waals surface area contributed by atoms with Gasteiger partial charge < -0.3 is 26.0 Å². The van der Waals surface area contributed by atoms with E-state index in [-0.39, 0.29) is 25.2 Å². The molecule has 0 bridgehead atoms. The number of carboxylic acids is 1. The molecule has 5 N–H and O–H groups in total. The van der Waals surface area contributed by atoms with Gasteiger partial charge >= 0.3 is 12.0 Å². The van der Waals surface area contributed by atoms with Crippen LogP contribution in [0.5, 0.6) is 0 Å². The molecule has 0 spiro atoms. The van der Waals surface area contributed by atoms with Crippen LogP contribution in [0.25, 0.3) is 10.9 Å². The monoisotopic (exact) mass is 364 g/mol. The number of aliphatic carboxylic acids is 1. The minimum absolute atomic E-state index is 0.0591. The number of carboxylic acid groups (broad SMARTS) is 1. The fourth-order valence-corrected chi connectivity index (χ4v) is 2.62. The Morgan fingerprint density at radius 2 is 2.04 bits per heavy atom. The van der Waals surface area contributed by atoms with Crippen LogP contribution < -0.4 is 16.4 Å². The largest absolute Gasteiger partial charge is 0.480 e. The molecule has 1 atom stereocenters. The Kier molecular flexibility index (Phi) is 6.54. The number of fused-ring (bicyclic) bond motifs is 1. The number of benzene rings is 1. The van der Waals surface area contributed by atoms with Crippen LogP contribution >= 0.6 is 0 Å². The number of nitrogens with two attached hydrogens (primary N) is 1. The number of hydrogen-bond donors (Lipinski definition) is 4. The van der Waals surface area contributed by atoms with Crippen molar-refractivity contribution in [2.75, 3.05) is 6.54 Å². The Bertz CT molecular complexity index is 805. The van der Waals surface area contributed by atoms with Crippen molar-refractivity contribution < 1.29 is 23.9 Å². The van der Waals surface area contributed by atoms with E-state index in [0.717, 1.165) is 5.39 Å². The van der Waals surface area contributed by atoms with Gasteiger partial charge in [0.25, 0.3) is 0 Å². The molecule has 0 aliphatic rings. The average molecular weight is 364 g/mol. The summed E-state index contributed by atoms with van der Waals surface area (Å²) in [5.74, 6) is -1.93. The highest BCUT2D eigenvalue weighted by Crippen LogP contribution is 2.17. The number of carbonyl (C=O) groups is 3. The summed E-state index contributed by atoms with van der Waals surface area (Å²) in [5, 5.41) is 14.9. The van der Waals surface area contributed by atoms with E-state index in [2.05, 4.69) is 10.6 Å². The summed E-state index contributed by atoms with van der Waals surface area (Å²) in [6.45, 7) is 0.532. The van der Waals surface area contributed by atoms with Gasteiger partial charge in [-0.05, 0) is 42.5 Å². The first kappa shape index (κ1) is 19.2. The lowest BCUT2D eigenvalue weighted by molar-refractivity contribution is -0.142. The van der Waals surface area contributed by atoms with Crippen LogP contribution in [0.2, 0.25) is 0 Å². The van der Waals surface area contributed by atoms with Crippen LogP contribution in [0.15, 0.2) is 30.5 Å². The molecule has 3 amide bonds. The van der Waals surface area contributed by atoms with Gasteiger partial charge in [0.2, 0.25) is 5.91 Å². The smallest absolute Gasteiger partial charge is 0.326 e. The molecule has 0 aliphatic carbocycles. The van der Waals surface area contributed by atoms with Crippen molar-refractivity contribution in [3.63, 3.8) is 0 Å². The Morgan fingerprint density at radius 3 is 2.73 bits per heavy atom. The lowest BCUT2D eigenvalue weighted by atomic mass is 10.1. The van der Waals surface area contributed by atoms with Crippen molar-refractivity contribution >= 4 is 28.8 Å². The van der Waals surface area contributed by atoms with Crippen LogP contribution in [-0.4, -0.2) is 40.2 Å². The zero-order valence-corrected chi connectivity index (χ0v) is 14.1. The molecule has 0 fully saturated rings. The predicted molar refractivity (Wildman–Crippen MR) is 92.9 cm³/mol. The van der Waals surface area contributed by atoms with E-state index in [1.165, 1.54) is 12.1 Å². The number of nitrogens with zero attached hydrogens (tertiary/aromatic N) is 1. The number of amides is 3. The predicted octanol–water partition coefficient (Wildman–Crippen LogP) is 1.19.